The van der Waals surface area contributed by atoms with Gasteiger partial charge in [-0.2, -0.15) is 0 Å². The Morgan fingerprint density at radius 3 is 2.63 bits per heavy atom. The van der Waals surface area contributed by atoms with E-state index in [9.17, 15) is 0 Å². The van der Waals surface area contributed by atoms with E-state index in [0.717, 1.165) is 22.9 Å². The normalized spacial score (nSPS) is 16.2. The molecule has 0 aromatic heterocycles. The van der Waals surface area contributed by atoms with E-state index in [1.807, 2.05) is 18.2 Å². The lowest BCUT2D eigenvalue weighted by Crippen LogP contribution is -2.35. The van der Waals surface area contributed by atoms with Crippen LogP contribution in [0.25, 0.3) is 0 Å². The molecule has 0 heterocycles. The van der Waals surface area contributed by atoms with E-state index in [1.54, 1.807) is 0 Å². The smallest absolute Gasteiger partial charge is 0.0617 e. The summed E-state index contributed by atoms with van der Waals surface area (Å²) in [4.78, 5) is 2.49. The molecule has 0 aliphatic heterocycles. The lowest BCUT2D eigenvalue weighted by molar-refractivity contribution is 0.529. The number of nitrogens with two attached hydrogens (primary N) is 1. The maximum Gasteiger partial charge on any atom is 0.0617 e. The van der Waals surface area contributed by atoms with Gasteiger partial charge in [0.1, 0.15) is 0 Å². The number of benzene rings is 1. The number of rotatable bonds is 5. The van der Waals surface area contributed by atoms with E-state index in [-0.39, 0.29) is 0 Å². The van der Waals surface area contributed by atoms with Crippen molar-refractivity contribution in [2.75, 3.05) is 17.2 Å². The summed E-state index contributed by atoms with van der Waals surface area (Å²) in [6, 6.07) is 6.46. The molecule has 2 N–H and O–H groups in total. The number of nitrogen functional groups attached to an aromatic ring is 1. The molecule has 1 saturated carbocycles. The zero-order valence-corrected chi connectivity index (χ0v) is 12.8. The molecule has 1 fully saturated rings. The summed E-state index contributed by atoms with van der Waals surface area (Å²) in [5.74, 6) is 0.712. The van der Waals surface area contributed by atoms with Crippen LogP contribution in [-0.4, -0.2) is 12.6 Å². The molecule has 0 radical (unpaired) electrons. The van der Waals surface area contributed by atoms with Crippen molar-refractivity contribution >= 4 is 23.0 Å². The molecule has 2 nitrogen and oxygen atoms in total. The molecule has 3 heteroatoms. The van der Waals surface area contributed by atoms with Gasteiger partial charge in [-0.3, -0.25) is 0 Å². The first-order valence-electron chi connectivity index (χ1n) is 7.39. The number of anilines is 2. The number of hydrogen-bond acceptors (Lipinski definition) is 2. The van der Waals surface area contributed by atoms with Gasteiger partial charge in [0.2, 0.25) is 0 Å². The zero-order valence-electron chi connectivity index (χ0n) is 12.0. The highest BCUT2D eigenvalue weighted by atomic mass is 35.5. The van der Waals surface area contributed by atoms with Gasteiger partial charge in [-0.05, 0) is 43.4 Å². The number of hydrogen-bond donors (Lipinski definition) is 1. The molecule has 1 aromatic carbocycles. The predicted molar refractivity (Wildman–Crippen MR) is 84.9 cm³/mol. The third-order valence-electron chi connectivity index (χ3n) is 4.01. The maximum atomic E-state index is 6.16. The fourth-order valence-corrected chi connectivity index (χ4v) is 3.04. The van der Waals surface area contributed by atoms with Gasteiger partial charge in [0.25, 0.3) is 0 Å². The molecule has 0 unspecified atom stereocenters. The molecule has 1 aliphatic rings. The Bertz CT molecular complexity index is 411. The second-order valence-electron chi connectivity index (χ2n) is 6.02. The molecule has 0 spiro atoms. The van der Waals surface area contributed by atoms with Crippen LogP contribution in [0, 0.1) is 5.92 Å². The standard InChI is InChI=1S/C16H25ClN2/c1-12(2)9-10-19(14-5-3-4-6-14)16-11-13(17)7-8-15(16)18/h7-8,11-12,14H,3-6,9-10,18H2,1-2H3. The van der Waals surface area contributed by atoms with Crippen LogP contribution in [-0.2, 0) is 0 Å². The molecule has 19 heavy (non-hydrogen) atoms. The van der Waals surface area contributed by atoms with Gasteiger partial charge in [0.05, 0.1) is 11.4 Å². The highest BCUT2D eigenvalue weighted by molar-refractivity contribution is 6.31. The van der Waals surface area contributed by atoms with Crippen LogP contribution in [0.3, 0.4) is 0 Å². The summed E-state index contributed by atoms with van der Waals surface area (Å²) >= 11 is 6.15. The van der Waals surface area contributed by atoms with E-state index in [4.69, 9.17) is 17.3 Å². The van der Waals surface area contributed by atoms with E-state index in [2.05, 4.69) is 18.7 Å². The molecular weight excluding hydrogens is 256 g/mol. The first kappa shape index (κ1) is 14.5. The van der Waals surface area contributed by atoms with Crippen molar-refractivity contribution in [3.05, 3.63) is 23.2 Å². The van der Waals surface area contributed by atoms with Crippen molar-refractivity contribution in [1.29, 1.82) is 0 Å². The highest BCUT2D eigenvalue weighted by Crippen LogP contribution is 2.34. The maximum absolute atomic E-state index is 6.16. The van der Waals surface area contributed by atoms with Crippen LogP contribution >= 0.6 is 11.6 Å². The summed E-state index contributed by atoms with van der Waals surface area (Å²) in [7, 11) is 0. The summed E-state index contributed by atoms with van der Waals surface area (Å²) < 4.78 is 0. The second-order valence-corrected chi connectivity index (χ2v) is 6.45. The monoisotopic (exact) mass is 280 g/mol. The van der Waals surface area contributed by atoms with Crippen LogP contribution in [0.4, 0.5) is 11.4 Å². The zero-order chi connectivity index (χ0) is 13.8. The SMILES string of the molecule is CC(C)CCN(c1cc(Cl)ccc1N)C1CCCC1. The average Bonchev–Trinajstić information content (AvgIpc) is 2.87. The van der Waals surface area contributed by atoms with Gasteiger partial charge >= 0.3 is 0 Å². The topological polar surface area (TPSA) is 29.3 Å². The molecule has 0 saturated heterocycles. The third kappa shape index (κ3) is 3.79. The Labute approximate surface area is 121 Å². The minimum Gasteiger partial charge on any atom is -0.397 e. The van der Waals surface area contributed by atoms with Crippen LogP contribution in [0.5, 0.6) is 0 Å². The van der Waals surface area contributed by atoms with Gasteiger partial charge in [-0.1, -0.05) is 38.3 Å². The van der Waals surface area contributed by atoms with Crippen molar-refractivity contribution in [2.45, 2.75) is 52.0 Å². The Morgan fingerprint density at radius 2 is 2.00 bits per heavy atom. The average molecular weight is 281 g/mol. The first-order chi connectivity index (χ1) is 9.08. The van der Waals surface area contributed by atoms with E-state index in [1.165, 1.54) is 32.1 Å². The highest BCUT2D eigenvalue weighted by Gasteiger charge is 2.24. The Kier molecular flexibility index (Phi) is 4.98. The van der Waals surface area contributed by atoms with E-state index in [0.29, 0.717) is 12.0 Å². The summed E-state index contributed by atoms with van der Waals surface area (Å²) in [6.45, 7) is 5.62. The number of halogens is 1. The molecule has 2 rings (SSSR count). The van der Waals surface area contributed by atoms with Crippen LogP contribution < -0.4 is 10.6 Å². The van der Waals surface area contributed by atoms with Gasteiger partial charge in [0, 0.05) is 17.6 Å². The molecular formula is C16H25ClN2. The first-order valence-corrected chi connectivity index (χ1v) is 7.77. The fraction of sp³-hybridized carbons (Fsp3) is 0.625. The van der Waals surface area contributed by atoms with Crippen LogP contribution in [0.1, 0.15) is 46.0 Å². The van der Waals surface area contributed by atoms with Crippen molar-refractivity contribution in [3.63, 3.8) is 0 Å². The largest absolute Gasteiger partial charge is 0.397 e. The van der Waals surface area contributed by atoms with Gasteiger partial charge in [0.15, 0.2) is 0 Å². The van der Waals surface area contributed by atoms with Gasteiger partial charge in [-0.15, -0.1) is 0 Å². The minimum absolute atomic E-state index is 0.638. The van der Waals surface area contributed by atoms with Crippen LogP contribution in [0.15, 0.2) is 18.2 Å². The lowest BCUT2D eigenvalue weighted by atomic mass is 10.1. The molecule has 1 aliphatic carbocycles. The quantitative estimate of drug-likeness (QED) is 0.791. The fourth-order valence-electron chi connectivity index (χ4n) is 2.88. The second kappa shape index (κ2) is 6.51. The van der Waals surface area contributed by atoms with Crippen molar-refractivity contribution < 1.29 is 0 Å². The molecule has 106 valence electrons. The predicted octanol–water partition coefficient (Wildman–Crippen LogP) is 4.72. The molecule has 1 aromatic rings. The van der Waals surface area contributed by atoms with E-state index < -0.39 is 0 Å². The molecule has 0 amide bonds. The van der Waals surface area contributed by atoms with Crippen molar-refractivity contribution in [1.82, 2.24) is 0 Å². The Morgan fingerprint density at radius 1 is 1.32 bits per heavy atom. The van der Waals surface area contributed by atoms with Gasteiger partial charge in [-0.25, -0.2) is 0 Å². The minimum atomic E-state index is 0.638. The molecule has 0 atom stereocenters. The van der Waals surface area contributed by atoms with Crippen molar-refractivity contribution in [3.8, 4) is 0 Å². The van der Waals surface area contributed by atoms with Crippen molar-refractivity contribution in [2.24, 2.45) is 5.92 Å². The van der Waals surface area contributed by atoms with Crippen LogP contribution in [0.2, 0.25) is 5.02 Å². The summed E-state index contributed by atoms with van der Waals surface area (Å²) in [5, 5.41) is 0.775. The Balaban J connectivity index is 2.21. The Hall–Kier alpha value is -0.890. The summed E-state index contributed by atoms with van der Waals surface area (Å²) in [5.41, 5.74) is 8.14. The van der Waals surface area contributed by atoms with E-state index >= 15 is 0 Å². The molecule has 0 bridgehead atoms. The van der Waals surface area contributed by atoms with Gasteiger partial charge < -0.3 is 10.6 Å². The number of nitrogens with zero attached hydrogens (tertiary/aromatic N) is 1. The summed E-state index contributed by atoms with van der Waals surface area (Å²) in [6.07, 6.45) is 6.43. The lowest BCUT2D eigenvalue weighted by Gasteiger charge is -2.33. The third-order valence-corrected chi connectivity index (χ3v) is 4.25.